The Morgan fingerprint density at radius 2 is 2.33 bits per heavy atom. The van der Waals surface area contributed by atoms with Crippen molar-refractivity contribution in [1.82, 2.24) is 10.6 Å². The molecule has 1 heterocycles. The summed E-state index contributed by atoms with van der Waals surface area (Å²) in [6.45, 7) is 2.98. The monoisotopic (exact) mass is 318 g/mol. The molecule has 0 aromatic heterocycles. The van der Waals surface area contributed by atoms with E-state index < -0.39 is 5.82 Å². The number of nitrogens with one attached hydrogen (secondary N) is 2. The predicted octanol–water partition coefficient (Wildman–Crippen LogP) is 0.733. The fourth-order valence-corrected chi connectivity index (χ4v) is 2.16. The number of carbonyl (C=O) groups is 1. The third-order valence-corrected chi connectivity index (χ3v) is 3.35. The number of aliphatic hydroxyl groups is 1. The number of hydrogen-bond donors (Lipinski definition) is 3. The van der Waals surface area contributed by atoms with E-state index in [2.05, 4.69) is 10.6 Å². The first-order chi connectivity index (χ1) is 9.61. The van der Waals surface area contributed by atoms with Crippen LogP contribution in [-0.2, 0) is 22.7 Å². The third-order valence-electron chi connectivity index (χ3n) is 3.35. The fraction of sp³-hybridized carbons (Fsp3) is 0.500. The zero-order chi connectivity index (χ0) is 14.5. The van der Waals surface area contributed by atoms with Crippen molar-refractivity contribution in [2.45, 2.75) is 32.2 Å². The zero-order valence-corrected chi connectivity index (χ0v) is 12.6. The molecule has 0 unspecified atom stereocenters. The van der Waals surface area contributed by atoms with Crippen LogP contribution in [0.15, 0.2) is 18.2 Å². The van der Waals surface area contributed by atoms with Gasteiger partial charge in [-0.05, 0) is 18.6 Å². The van der Waals surface area contributed by atoms with E-state index in [0.29, 0.717) is 18.7 Å². The normalized spacial score (nSPS) is 21.5. The van der Waals surface area contributed by atoms with Crippen LogP contribution < -0.4 is 10.6 Å². The second kappa shape index (κ2) is 8.29. The smallest absolute Gasteiger partial charge is 0.240 e. The SMILES string of the molecule is C[C@H]1OCCN[C@@H]1C(=O)NCc1ccc(CO)c(F)c1.Cl. The van der Waals surface area contributed by atoms with E-state index in [4.69, 9.17) is 9.84 Å². The van der Waals surface area contributed by atoms with Gasteiger partial charge in [-0.1, -0.05) is 12.1 Å². The zero-order valence-electron chi connectivity index (χ0n) is 11.8. The Morgan fingerprint density at radius 3 is 2.95 bits per heavy atom. The molecule has 5 nitrogen and oxygen atoms in total. The minimum Gasteiger partial charge on any atom is -0.392 e. The molecule has 118 valence electrons. The van der Waals surface area contributed by atoms with Gasteiger partial charge in [0.2, 0.25) is 5.91 Å². The number of carbonyl (C=O) groups excluding carboxylic acids is 1. The third kappa shape index (κ3) is 4.64. The lowest BCUT2D eigenvalue weighted by molar-refractivity contribution is -0.129. The van der Waals surface area contributed by atoms with Crippen LogP contribution in [0.25, 0.3) is 0 Å². The number of morpholine rings is 1. The first-order valence-corrected chi connectivity index (χ1v) is 6.62. The summed E-state index contributed by atoms with van der Waals surface area (Å²) in [4.78, 5) is 12.0. The molecular formula is C14H20ClFN2O3. The molecule has 1 aliphatic heterocycles. The van der Waals surface area contributed by atoms with Crippen molar-refractivity contribution < 1.29 is 19.0 Å². The van der Waals surface area contributed by atoms with E-state index in [1.807, 2.05) is 6.92 Å². The highest BCUT2D eigenvalue weighted by Crippen LogP contribution is 2.11. The molecule has 0 saturated carbocycles. The quantitative estimate of drug-likeness (QED) is 0.765. The van der Waals surface area contributed by atoms with Crippen LogP contribution in [0.3, 0.4) is 0 Å². The van der Waals surface area contributed by atoms with Gasteiger partial charge in [0, 0.05) is 18.7 Å². The lowest BCUT2D eigenvalue weighted by Gasteiger charge is -2.29. The van der Waals surface area contributed by atoms with Crippen molar-refractivity contribution in [3.05, 3.63) is 35.1 Å². The van der Waals surface area contributed by atoms with Gasteiger partial charge in [0.15, 0.2) is 0 Å². The van der Waals surface area contributed by atoms with Gasteiger partial charge in [0.25, 0.3) is 0 Å². The van der Waals surface area contributed by atoms with Crippen LogP contribution in [0.5, 0.6) is 0 Å². The summed E-state index contributed by atoms with van der Waals surface area (Å²) in [5.41, 5.74) is 0.897. The molecular weight excluding hydrogens is 299 g/mol. The number of benzene rings is 1. The van der Waals surface area contributed by atoms with Gasteiger partial charge in [0.1, 0.15) is 11.9 Å². The van der Waals surface area contributed by atoms with Crippen molar-refractivity contribution in [2.24, 2.45) is 0 Å². The Morgan fingerprint density at radius 1 is 1.57 bits per heavy atom. The summed E-state index contributed by atoms with van der Waals surface area (Å²) in [5.74, 6) is -0.629. The molecule has 1 aromatic carbocycles. The number of hydrogen-bond acceptors (Lipinski definition) is 4. The maximum atomic E-state index is 13.5. The molecule has 1 aromatic rings. The van der Waals surface area contributed by atoms with Crippen LogP contribution in [0, 0.1) is 5.82 Å². The van der Waals surface area contributed by atoms with E-state index in [9.17, 15) is 9.18 Å². The molecule has 1 fully saturated rings. The van der Waals surface area contributed by atoms with Crippen molar-refractivity contribution in [2.75, 3.05) is 13.2 Å². The lowest BCUT2D eigenvalue weighted by atomic mass is 10.1. The Kier molecular flexibility index (Phi) is 7.04. The molecule has 0 bridgehead atoms. The van der Waals surface area contributed by atoms with Crippen LogP contribution in [0.1, 0.15) is 18.1 Å². The van der Waals surface area contributed by atoms with Crippen molar-refractivity contribution in [3.8, 4) is 0 Å². The predicted molar refractivity (Wildman–Crippen MR) is 78.6 cm³/mol. The number of rotatable bonds is 4. The highest BCUT2D eigenvalue weighted by atomic mass is 35.5. The van der Waals surface area contributed by atoms with E-state index in [0.717, 1.165) is 0 Å². The number of halogens is 2. The summed E-state index contributed by atoms with van der Waals surface area (Å²) in [5, 5.41) is 14.7. The number of ether oxygens (including phenoxy) is 1. The van der Waals surface area contributed by atoms with Gasteiger partial charge in [-0.25, -0.2) is 4.39 Å². The fourth-order valence-electron chi connectivity index (χ4n) is 2.16. The van der Waals surface area contributed by atoms with Gasteiger partial charge in [-0.2, -0.15) is 0 Å². The highest BCUT2D eigenvalue weighted by Gasteiger charge is 2.27. The average Bonchev–Trinajstić information content (AvgIpc) is 2.45. The first kappa shape index (κ1) is 17.8. The van der Waals surface area contributed by atoms with Crippen molar-refractivity contribution in [1.29, 1.82) is 0 Å². The summed E-state index contributed by atoms with van der Waals surface area (Å²) in [7, 11) is 0. The van der Waals surface area contributed by atoms with Gasteiger partial charge >= 0.3 is 0 Å². The average molecular weight is 319 g/mol. The molecule has 1 amide bonds. The van der Waals surface area contributed by atoms with Crippen LogP contribution in [0.4, 0.5) is 4.39 Å². The Balaban J connectivity index is 0.00000220. The second-order valence-electron chi connectivity index (χ2n) is 4.81. The molecule has 2 atom stereocenters. The Hall–Kier alpha value is -1.21. The van der Waals surface area contributed by atoms with Crippen molar-refractivity contribution >= 4 is 18.3 Å². The molecule has 21 heavy (non-hydrogen) atoms. The second-order valence-corrected chi connectivity index (χ2v) is 4.81. The van der Waals surface area contributed by atoms with E-state index in [1.54, 1.807) is 6.07 Å². The summed E-state index contributed by atoms with van der Waals surface area (Å²) in [6, 6.07) is 4.13. The Labute approximate surface area is 129 Å². The van der Waals surface area contributed by atoms with Crippen molar-refractivity contribution in [3.63, 3.8) is 0 Å². The minimum atomic E-state index is -0.466. The molecule has 0 radical (unpaired) electrons. The molecule has 3 N–H and O–H groups in total. The van der Waals surface area contributed by atoms with Gasteiger partial charge < -0.3 is 20.5 Å². The summed E-state index contributed by atoms with van der Waals surface area (Å²) >= 11 is 0. The van der Waals surface area contributed by atoms with E-state index in [-0.39, 0.29) is 49.2 Å². The molecule has 1 saturated heterocycles. The Bertz CT molecular complexity index is 487. The van der Waals surface area contributed by atoms with Gasteiger partial charge in [0.05, 0.1) is 19.3 Å². The highest BCUT2D eigenvalue weighted by molar-refractivity contribution is 5.85. The van der Waals surface area contributed by atoms with Gasteiger partial charge in [-0.15, -0.1) is 12.4 Å². The van der Waals surface area contributed by atoms with Crippen LogP contribution >= 0.6 is 12.4 Å². The maximum Gasteiger partial charge on any atom is 0.240 e. The van der Waals surface area contributed by atoms with E-state index in [1.165, 1.54) is 12.1 Å². The summed E-state index contributed by atoms with van der Waals surface area (Å²) < 4.78 is 18.9. The standard InChI is InChI=1S/C14H19FN2O3.ClH/c1-9-13(16-4-5-20-9)14(19)17-7-10-2-3-11(8-18)12(15)6-10;/h2-3,6,9,13,16,18H,4-5,7-8H2,1H3,(H,17,19);1H/t9-,13+;/m1./s1. The largest absolute Gasteiger partial charge is 0.392 e. The number of aliphatic hydroxyl groups excluding tert-OH is 1. The molecule has 0 aliphatic carbocycles. The molecule has 1 aliphatic rings. The van der Waals surface area contributed by atoms with E-state index >= 15 is 0 Å². The van der Waals surface area contributed by atoms with Crippen LogP contribution in [0.2, 0.25) is 0 Å². The molecule has 0 spiro atoms. The maximum absolute atomic E-state index is 13.5. The minimum absolute atomic E-state index is 0. The first-order valence-electron chi connectivity index (χ1n) is 6.62. The topological polar surface area (TPSA) is 70.6 Å². The number of amides is 1. The molecule has 2 rings (SSSR count). The lowest BCUT2D eigenvalue weighted by Crippen LogP contribution is -2.55. The van der Waals surface area contributed by atoms with Crippen LogP contribution in [-0.4, -0.2) is 36.3 Å². The molecule has 7 heteroatoms. The van der Waals surface area contributed by atoms with Gasteiger partial charge in [-0.3, -0.25) is 4.79 Å². The summed E-state index contributed by atoms with van der Waals surface area (Å²) in [6.07, 6.45) is -0.183.